The molecule has 1 atom stereocenters. The third-order valence-corrected chi connectivity index (χ3v) is 2.02. The maximum atomic E-state index is 3.96. The molecule has 0 bridgehead atoms. The third kappa shape index (κ3) is 3.63. The van der Waals surface area contributed by atoms with E-state index < -0.39 is 0 Å². The molecule has 0 amide bonds. The SMILES string of the molecule is CC.[CH2]CC(C)C1=C[CH]C=CC1=C. The summed E-state index contributed by atoms with van der Waals surface area (Å²) < 4.78 is 0. The lowest BCUT2D eigenvalue weighted by Crippen LogP contribution is -2.01. The van der Waals surface area contributed by atoms with Gasteiger partial charge < -0.3 is 0 Å². The van der Waals surface area contributed by atoms with E-state index in [1.807, 2.05) is 26.0 Å². The summed E-state index contributed by atoms with van der Waals surface area (Å²) in [6, 6.07) is 0. The molecule has 1 aliphatic rings. The first kappa shape index (κ1) is 12.2. The Kier molecular flexibility index (Phi) is 6.30. The zero-order valence-corrected chi connectivity index (χ0v) is 9.01. The van der Waals surface area contributed by atoms with Gasteiger partial charge in [-0.3, -0.25) is 0 Å². The zero-order chi connectivity index (χ0) is 10.3. The van der Waals surface area contributed by atoms with Crippen molar-refractivity contribution in [3.63, 3.8) is 0 Å². The maximum Gasteiger partial charge on any atom is 0.00539 e. The molecule has 0 aromatic heterocycles. The van der Waals surface area contributed by atoms with Crippen LogP contribution in [0, 0.1) is 19.3 Å². The largest absolute Gasteiger partial charge is 0.0915 e. The molecule has 0 saturated heterocycles. The average molecular weight is 176 g/mol. The van der Waals surface area contributed by atoms with Gasteiger partial charge in [0.1, 0.15) is 0 Å². The van der Waals surface area contributed by atoms with Gasteiger partial charge in [-0.25, -0.2) is 0 Å². The van der Waals surface area contributed by atoms with Crippen LogP contribution in [0.25, 0.3) is 0 Å². The Hall–Kier alpha value is -0.780. The topological polar surface area (TPSA) is 0 Å². The molecule has 1 aliphatic carbocycles. The summed E-state index contributed by atoms with van der Waals surface area (Å²) in [5.74, 6) is 0.531. The summed E-state index contributed by atoms with van der Waals surface area (Å²) in [5.41, 5.74) is 2.45. The van der Waals surface area contributed by atoms with Crippen LogP contribution >= 0.6 is 0 Å². The van der Waals surface area contributed by atoms with Crippen LogP contribution in [0.2, 0.25) is 0 Å². The number of hydrogen-bond donors (Lipinski definition) is 0. The van der Waals surface area contributed by atoms with Crippen molar-refractivity contribution >= 4 is 0 Å². The zero-order valence-electron chi connectivity index (χ0n) is 9.01. The molecule has 2 radical (unpaired) electrons. The minimum atomic E-state index is 0.531. The molecule has 0 heteroatoms. The van der Waals surface area contributed by atoms with Crippen molar-refractivity contribution in [3.8, 4) is 0 Å². The van der Waals surface area contributed by atoms with Crippen molar-refractivity contribution in [2.45, 2.75) is 27.2 Å². The van der Waals surface area contributed by atoms with Crippen LogP contribution in [0.5, 0.6) is 0 Å². The first-order valence-electron chi connectivity index (χ1n) is 4.96. The van der Waals surface area contributed by atoms with Crippen LogP contribution in [0.4, 0.5) is 0 Å². The molecule has 1 unspecified atom stereocenters. The highest BCUT2D eigenvalue weighted by molar-refractivity contribution is 5.45. The van der Waals surface area contributed by atoms with Gasteiger partial charge in [-0.15, -0.1) is 0 Å². The van der Waals surface area contributed by atoms with E-state index in [1.165, 1.54) is 5.57 Å². The normalized spacial score (nSPS) is 17.2. The van der Waals surface area contributed by atoms with Gasteiger partial charge in [-0.05, 0) is 23.5 Å². The summed E-state index contributed by atoms with van der Waals surface area (Å²) in [5, 5.41) is 0. The van der Waals surface area contributed by atoms with E-state index in [0.717, 1.165) is 12.0 Å². The molecule has 0 heterocycles. The molecule has 0 N–H and O–H groups in total. The fraction of sp³-hybridized carbons (Fsp3) is 0.385. The molecule has 0 spiro atoms. The van der Waals surface area contributed by atoms with Crippen molar-refractivity contribution in [3.05, 3.63) is 49.3 Å². The number of rotatable bonds is 2. The molecule has 0 aromatic carbocycles. The van der Waals surface area contributed by atoms with Gasteiger partial charge in [0.25, 0.3) is 0 Å². The highest BCUT2D eigenvalue weighted by Crippen LogP contribution is 2.25. The Morgan fingerprint density at radius 1 is 1.38 bits per heavy atom. The van der Waals surface area contributed by atoms with Crippen LogP contribution in [0.1, 0.15) is 27.2 Å². The fourth-order valence-electron chi connectivity index (χ4n) is 1.17. The van der Waals surface area contributed by atoms with E-state index in [0.29, 0.717) is 5.92 Å². The van der Waals surface area contributed by atoms with Gasteiger partial charge in [0, 0.05) is 6.42 Å². The second kappa shape index (κ2) is 6.71. The fourth-order valence-corrected chi connectivity index (χ4v) is 1.17. The van der Waals surface area contributed by atoms with Gasteiger partial charge >= 0.3 is 0 Å². The van der Waals surface area contributed by atoms with E-state index >= 15 is 0 Å². The molecule has 0 fully saturated rings. The Morgan fingerprint density at radius 3 is 2.46 bits per heavy atom. The van der Waals surface area contributed by atoms with Crippen LogP contribution in [-0.2, 0) is 0 Å². The minimum Gasteiger partial charge on any atom is -0.0915 e. The predicted molar refractivity (Wildman–Crippen MR) is 61.1 cm³/mol. The van der Waals surface area contributed by atoms with Crippen LogP contribution in [0.15, 0.2) is 36.0 Å². The van der Waals surface area contributed by atoms with Gasteiger partial charge in [-0.1, -0.05) is 52.5 Å². The Morgan fingerprint density at radius 2 is 2.00 bits per heavy atom. The molecule has 13 heavy (non-hydrogen) atoms. The Bertz CT molecular complexity index is 206. The predicted octanol–water partition coefficient (Wildman–Crippen LogP) is 4.13. The second-order valence-electron chi connectivity index (χ2n) is 2.89. The van der Waals surface area contributed by atoms with Crippen LogP contribution in [-0.4, -0.2) is 0 Å². The smallest absolute Gasteiger partial charge is 0.00539 e. The average Bonchev–Trinajstić information content (AvgIpc) is 2.20. The van der Waals surface area contributed by atoms with Crippen LogP contribution < -0.4 is 0 Å². The van der Waals surface area contributed by atoms with Crippen molar-refractivity contribution < 1.29 is 0 Å². The molecule has 0 aliphatic heterocycles. The quantitative estimate of drug-likeness (QED) is 0.593. The summed E-state index contributed by atoms with van der Waals surface area (Å²) in [6.07, 6.45) is 9.17. The second-order valence-corrected chi connectivity index (χ2v) is 2.89. The lowest BCUT2D eigenvalue weighted by molar-refractivity contribution is 0.702. The summed E-state index contributed by atoms with van der Waals surface area (Å²) in [4.78, 5) is 0. The molecular formula is C13H20. The van der Waals surface area contributed by atoms with Crippen molar-refractivity contribution in [1.29, 1.82) is 0 Å². The van der Waals surface area contributed by atoms with Crippen molar-refractivity contribution in [1.82, 2.24) is 0 Å². The summed E-state index contributed by atoms with van der Waals surface area (Å²) in [6.45, 7) is 14.0. The number of hydrogen-bond acceptors (Lipinski definition) is 0. The Labute approximate surface area is 83.0 Å². The third-order valence-electron chi connectivity index (χ3n) is 2.02. The summed E-state index contributed by atoms with van der Waals surface area (Å²) >= 11 is 0. The molecular weight excluding hydrogens is 156 g/mol. The highest BCUT2D eigenvalue weighted by atomic mass is 14.1. The van der Waals surface area contributed by atoms with E-state index in [4.69, 9.17) is 0 Å². The van der Waals surface area contributed by atoms with E-state index in [-0.39, 0.29) is 0 Å². The monoisotopic (exact) mass is 176 g/mol. The molecule has 72 valence electrons. The van der Waals surface area contributed by atoms with Gasteiger partial charge in [0.05, 0.1) is 0 Å². The van der Waals surface area contributed by atoms with Gasteiger partial charge in [0.2, 0.25) is 0 Å². The lowest BCUT2D eigenvalue weighted by Gasteiger charge is -2.16. The van der Waals surface area contributed by atoms with E-state index in [2.05, 4.69) is 32.9 Å². The summed E-state index contributed by atoms with van der Waals surface area (Å²) in [7, 11) is 0. The van der Waals surface area contributed by atoms with Crippen molar-refractivity contribution in [2.24, 2.45) is 5.92 Å². The van der Waals surface area contributed by atoms with Crippen LogP contribution in [0.3, 0.4) is 0 Å². The van der Waals surface area contributed by atoms with Crippen molar-refractivity contribution in [2.75, 3.05) is 0 Å². The molecule has 0 aromatic rings. The standard InChI is InChI=1S/C11H14.C2H6/c1-4-9(2)11-8-6-5-7-10(11)3;1-2/h5-9H,1,3-4H2,2H3;1-2H3. The lowest BCUT2D eigenvalue weighted by atomic mass is 9.89. The molecule has 0 nitrogen and oxygen atoms in total. The first-order valence-corrected chi connectivity index (χ1v) is 4.96. The van der Waals surface area contributed by atoms with E-state index in [1.54, 1.807) is 0 Å². The number of allylic oxidation sites excluding steroid dienone is 5. The molecule has 0 saturated carbocycles. The highest BCUT2D eigenvalue weighted by Gasteiger charge is 2.09. The minimum absolute atomic E-state index is 0.531. The molecule has 1 rings (SSSR count). The maximum absolute atomic E-state index is 3.96. The first-order chi connectivity index (χ1) is 6.25. The van der Waals surface area contributed by atoms with Gasteiger partial charge in [-0.2, -0.15) is 0 Å². The Balaban J connectivity index is 0.000000671. The van der Waals surface area contributed by atoms with Gasteiger partial charge in [0.15, 0.2) is 0 Å². The van der Waals surface area contributed by atoms with E-state index in [9.17, 15) is 0 Å².